The van der Waals surface area contributed by atoms with Crippen LogP contribution in [0.15, 0.2) is 11.6 Å². The fourth-order valence-corrected chi connectivity index (χ4v) is 3.99. The Morgan fingerprint density at radius 2 is 2.29 bits per heavy atom. The molecular formula is C14H24N2S. The highest BCUT2D eigenvalue weighted by molar-refractivity contribution is 7.09. The average Bonchev–Trinajstić information content (AvgIpc) is 2.84. The van der Waals surface area contributed by atoms with Crippen LogP contribution in [0.1, 0.15) is 51.5 Å². The van der Waals surface area contributed by atoms with Gasteiger partial charge in [-0.15, -0.1) is 11.3 Å². The smallest absolute Gasteiger partial charge is 0.113 e. The number of hydrogen-bond donors (Lipinski definition) is 1. The number of thiazole rings is 1. The van der Waals surface area contributed by atoms with Crippen LogP contribution in [0.5, 0.6) is 0 Å². The van der Waals surface area contributed by atoms with E-state index in [1.165, 1.54) is 30.7 Å². The summed E-state index contributed by atoms with van der Waals surface area (Å²) in [7, 11) is 0. The summed E-state index contributed by atoms with van der Waals surface area (Å²) in [4.78, 5) is 4.61. The standard InChI is InChI=1S/C14H24N2S/c1-4-7-16-14(13-15-8-9-17-13)10-11(2)5-6-12(14)3/h8-9,11-12,16H,4-7,10H2,1-3H3. The molecule has 2 nitrogen and oxygen atoms in total. The molecule has 1 aromatic rings. The second-order valence-corrected chi connectivity index (χ2v) is 6.42. The Labute approximate surface area is 109 Å². The second-order valence-electron chi connectivity index (χ2n) is 5.52. The second kappa shape index (κ2) is 5.49. The Morgan fingerprint density at radius 3 is 2.94 bits per heavy atom. The van der Waals surface area contributed by atoms with Gasteiger partial charge in [0.2, 0.25) is 0 Å². The average molecular weight is 252 g/mol. The molecule has 96 valence electrons. The molecule has 1 aliphatic carbocycles. The van der Waals surface area contributed by atoms with Crippen LogP contribution in [0, 0.1) is 11.8 Å². The summed E-state index contributed by atoms with van der Waals surface area (Å²) in [5.41, 5.74) is 0.141. The van der Waals surface area contributed by atoms with Gasteiger partial charge in [0, 0.05) is 11.6 Å². The van der Waals surface area contributed by atoms with E-state index in [-0.39, 0.29) is 5.54 Å². The molecule has 1 N–H and O–H groups in total. The summed E-state index contributed by atoms with van der Waals surface area (Å²) in [6.45, 7) is 8.09. The Morgan fingerprint density at radius 1 is 1.47 bits per heavy atom. The van der Waals surface area contributed by atoms with Crippen LogP contribution < -0.4 is 5.32 Å². The molecule has 1 heterocycles. The van der Waals surface area contributed by atoms with Crippen molar-refractivity contribution in [1.82, 2.24) is 10.3 Å². The van der Waals surface area contributed by atoms with E-state index in [1.54, 1.807) is 0 Å². The largest absolute Gasteiger partial charge is 0.305 e. The van der Waals surface area contributed by atoms with E-state index >= 15 is 0 Å². The first-order valence-corrected chi connectivity index (χ1v) is 7.72. The molecule has 2 rings (SSSR count). The van der Waals surface area contributed by atoms with Gasteiger partial charge in [-0.25, -0.2) is 4.98 Å². The molecule has 1 aliphatic rings. The molecule has 0 bridgehead atoms. The summed E-state index contributed by atoms with van der Waals surface area (Å²) >= 11 is 1.81. The van der Waals surface area contributed by atoms with Gasteiger partial charge in [0.05, 0.1) is 5.54 Å². The lowest BCUT2D eigenvalue weighted by Crippen LogP contribution is -2.51. The third-order valence-electron chi connectivity index (χ3n) is 4.11. The fraction of sp³-hybridized carbons (Fsp3) is 0.786. The molecule has 0 radical (unpaired) electrons. The van der Waals surface area contributed by atoms with E-state index in [1.807, 2.05) is 17.5 Å². The van der Waals surface area contributed by atoms with Crippen molar-refractivity contribution in [3.8, 4) is 0 Å². The SMILES string of the molecule is CCCNC1(c2nccs2)CC(C)CCC1C. The summed E-state index contributed by atoms with van der Waals surface area (Å²) in [6, 6.07) is 0. The van der Waals surface area contributed by atoms with Gasteiger partial charge in [0.15, 0.2) is 0 Å². The molecular weight excluding hydrogens is 228 g/mol. The maximum absolute atomic E-state index is 4.61. The quantitative estimate of drug-likeness (QED) is 0.882. The van der Waals surface area contributed by atoms with Crippen molar-refractivity contribution >= 4 is 11.3 Å². The van der Waals surface area contributed by atoms with E-state index in [9.17, 15) is 0 Å². The van der Waals surface area contributed by atoms with Crippen LogP contribution in [-0.2, 0) is 5.54 Å². The summed E-state index contributed by atoms with van der Waals surface area (Å²) < 4.78 is 0. The topological polar surface area (TPSA) is 24.9 Å². The van der Waals surface area contributed by atoms with Crippen LogP contribution >= 0.6 is 11.3 Å². The van der Waals surface area contributed by atoms with Crippen molar-refractivity contribution in [2.24, 2.45) is 11.8 Å². The molecule has 0 spiro atoms. The molecule has 1 fully saturated rings. The molecule has 0 aliphatic heterocycles. The van der Waals surface area contributed by atoms with Crippen LogP contribution in [0.25, 0.3) is 0 Å². The first kappa shape index (κ1) is 13.0. The van der Waals surface area contributed by atoms with Gasteiger partial charge in [-0.2, -0.15) is 0 Å². The third kappa shape index (κ3) is 2.55. The van der Waals surface area contributed by atoms with Gasteiger partial charge in [-0.3, -0.25) is 0 Å². The maximum Gasteiger partial charge on any atom is 0.113 e. The number of hydrogen-bond acceptors (Lipinski definition) is 3. The van der Waals surface area contributed by atoms with E-state index in [0.717, 1.165) is 12.5 Å². The number of nitrogens with zero attached hydrogens (tertiary/aromatic N) is 1. The predicted octanol–water partition coefficient (Wildman–Crippen LogP) is 3.79. The summed E-state index contributed by atoms with van der Waals surface area (Å²) in [6.07, 6.45) is 7.05. The van der Waals surface area contributed by atoms with Crippen LogP contribution in [0.3, 0.4) is 0 Å². The lowest BCUT2D eigenvalue weighted by Gasteiger charge is -2.44. The van der Waals surface area contributed by atoms with Gasteiger partial charge in [-0.05, 0) is 37.6 Å². The van der Waals surface area contributed by atoms with Gasteiger partial charge < -0.3 is 5.32 Å². The van der Waals surface area contributed by atoms with E-state index in [0.29, 0.717) is 5.92 Å². The van der Waals surface area contributed by atoms with Crippen molar-refractivity contribution in [2.45, 2.75) is 52.0 Å². The van der Waals surface area contributed by atoms with E-state index in [4.69, 9.17) is 0 Å². The van der Waals surface area contributed by atoms with Crippen molar-refractivity contribution in [3.63, 3.8) is 0 Å². The van der Waals surface area contributed by atoms with Crippen molar-refractivity contribution < 1.29 is 0 Å². The molecule has 1 aromatic heterocycles. The zero-order valence-electron chi connectivity index (χ0n) is 11.2. The zero-order chi connectivity index (χ0) is 12.3. The Balaban J connectivity index is 2.27. The molecule has 1 saturated carbocycles. The lowest BCUT2D eigenvalue weighted by molar-refractivity contribution is 0.118. The highest BCUT2D eigenvalue weighted by Crippen LogP contribution is 2.44. The van der Waals surface area contributed by atoms with Crippen LogP contribution in [0.4, 0.5) is 0 Å². The Kier molecular flexibility index (Phi) is 4.21. The normalized spacial score (nSPS) is 33.8. The van der Waals surface area contributed by atoms with Gasteiger partial charge >= 0.3 is 0 Å². The number of aromatic nitrogens is 1. The van der Waals surface area contributed by atoms with Crippen molar-refractivity contribution in [1.29, 1.82) is 0 Å². The minimum atomic E-state index is 0.141. The fourth-order valence-electron chi connectivity index (χ4n) is 3.05. The monoisotopic (exact) mass is 252 g/mol. The minimum Gasteiger partial charge on any atom is -0.305 e. The number of rotatable bonds is 4. The molecule has 3 heteroatoms. The highest BCUT2D eigenvalue weighted by atomic mass is 32.1. The van der Waals surface area contributed by atoms with Crippen molar-refractivity contribution in [3.05, 3.63) is 16.6 Å². The predicted molar refractivity (Wildman–Crippen MR) is 74.3 cm³/mol. The first-order chi connectivity index (χ1) is 8.19. The van der Waals surface area contributed by atoms with E-state index < -0.39 is 0 Å². The molecule has 0 saturated heterocycles. The minimum absolute atomic E-state index is 0.141. The van der Waals surface area contributed by atoms with Gasteiger partial charge in [0.25, 0.3) is 0 Å². The Hall–Kier alpha value is -0.410. The van der Waals surface area contributed by atoms with E-state index in [2.05, 4.69) is 36.5 Å². The summed E-state index contributed by atoms with van der Waals surface area (Å²) in [5, 5.41) is 7.22. The maximum atomic E-state index is 4.61. The van der Waals surface area contributed by atoms with Gasteiger partial charge in [0.1, 0.15) is 5.01 Å². The molecule has 0 aromatic carbocycles. The molecule has 0 amide bonds. The highest BCUT2D eigenvalue weighted by Gasteiger charge is 2.43. The van der Waals surface area contributed by atoms with Crippen molar-refractivity contribution in [2.75, 3.05) is 6.54 Å². The number of nitrogens with one attached hydrogen (secondary N) is 1. The first-order valence-electron chi connectivity index (χ1n) is 6.84. The lowest BCUT2D eigenvalue weighted by atomic mass is 9.70. The summed E-state index contributed by atoms with van der Waals surface area (Å²) in [5.74, 6) is 1.50. The Bertz CT molecular complexity index is 336. The van der Waals surface area contributed by atoms with Crippen LogP contribution in [-0.4, -0.2) is 11.5 Å². The molecule has 3 unspecified atom stereocenters. The van der Waals surface area contributed by atoms with Crippen LogP contribution in [0.2, 0.25) is 0 Å². The zero-order valence-corrected chi connectivity index (χ0v) is 12.0. The molecule has 17 heavy (non-hydrogen) atoms. The molecule has 3 atom stereocenters. The van der Waals surface area contributed by atoms with Gasteiger partial charge in [-0.1, -0.05) is 27.2 Å². The third-order valence-corrected chi connectivity index (χ3v) is 5.06.